The van der Waals surface area contributed by atoms with Crippen LogP contribution in [0, 0.1) is 0 Å². The van der Waals surface area contributed by atoms with Gasteiger partial charge in [-0.15, -0.1) is 11.3 Å². The highest BCUT2D eigenvalue weighted by molar-refractivity contribution is 7.15. The first-order valence-corrected chi connectivity index (χ1v) is 6.94. The number of carbonyl (C=O) groups is 2. The molecule has 18 heavy (non-hydrogen) atoms. The van der Waals surface area contributed by atoms with Crippen molar-refractivity contribution in [3.63, 3.8) is 0 Å². The van der Waals surface area contributed by atoms with Gasteiger partial charge in [0.05, 0.1) is 18.7 Å². The first-order chi connectivity index (χ1) is 8.69. The molecular formula is C12H16N2O3S. The van der Waals surface area contributed by atoms with Crippen molar-refractivity contribution < 1.29 is 14.3 Å². The summed E-state index contributed by atoms with van der Waals surface area (Å²) in [5, 5.41) is 3.38. The molecule has 1 aromatic heterocycles. The number of aromatic nitrogens is 1. The molecule has 0 bridgehead atoms. The summed E-state index contributed by atoms with van der Waals surface area (Å²) in [4.78, 5) is 28.3. The number of aryl methyl sites for hydroxylation is 2. The van der Waals surface area contributed by atoms with Crippen molar-refractivity contribution in [2.45, 2.75) is 39.0 Å². The summed E-state index contributed by atoms with van der Waals surface area (Å²) >= 11 is 1.54. The molecule has 1 aliphatic carbocycles. The third kappa shape index (κ3) is 3.29. The van der Waals surface area contributed by atoms with Crippen LogP contribution in [0.4, 0.5) is 5.13 Å². The van der Waals surface area contributed by atoms with Gasteiger partial charge in [0.25, 0.3) is 0 Å². The van der Waals surface area contributed by atoms with Gasteiger partial charge in [-0.1, -0.05) is 0 Å². The van der Waals surface area contributed by atoms with Crippen LogP contribution in [0.25, 0.3) is 0 Å². The number of thiazole rings is 1. The minimum absolute atomic E-state index is 0.116. The second-order valence-corrected chi connectivity index (χ2v) is 5.18. The zero-order chi connectivity index (χ0) is 13.0. The molecule has 6 heteroatoms. The molecule has 0 fully saturated rings. The maximum absolute atomic E-state index is 11.6. The summed E-state index contributed by atoms with van der Waals surface area (Å²) < 4.78 is 4.76. The molecule has 1 aromatic rings. The molecule has 1 N–H and O–H groups in total. The van der Waals surface area contributed by atoms with Crippen LogP contribution in [0.5, 0.6) is 0 Å². The largest absolute Gasteiger partial charge is 0.466 e. The Morgan fingerprint density at radius 1 is 1.39 bits per heavy atom. The molecule has 1 aliphatic rings. The summed E-state index contributed by atoms with van der Waals surface area (Å²) in [7, 11) is 0. The van der Waals surface area contributed by atoms with E-state index in [4.69, 9.17) is 4.74 Å². The van der Waals surface area contributed by atoms with E-state index in [9.17, 15) is 9.59 Å². The summed E-state index contributed by atoms with van der Waals surface area (Å²) in [6.45, 7) is 2.09. The van der Waals surface area contributed by atoms with Crippen LogP contribution in [0.3, 0.4) is 0 Å². The number of ether oxygens (including phenoxy) is 1. The third-order valence-electron chi connectivity index (χ3n) is 2.70. The van der Waals surface area contributed by atoms with Crippen LogP contribution in [0.1, 0.15) is 36.8 Å². The number of nitrogens with one attached hydrogen (secondary N) is 1. The molecule has 0 saturated heterocycles. The van der Waals surface area contributed by atoms with Crippen molar-refractivity contribution in [2.24, 2.45) is 0 Å². The van der Waals surface area contributed by atoms with Crippen molar-refractivity contribution in [2.75, 3.05) is 11.9 Å². The Hall–Kier alpha value is -1.43. The molecule has 1 amide bonds. The molecule has 1 heterocycles. The first-order valence-electron chi connectivity index (χ1n) is 6.13. The van der Waals surface area contributed by atoms with E-state index < -0.39 is 0 Å². The van der Waals surface area contributed by atoms with Gasteiger partial charge in [-0.3, -0.25) is 9.59 Å². The highest BCUT2D eigenvalue weighted by Gasteiger charge is 2.17. The van der Waals surface area contributed by atoms with Crippen LogP contribution in [0.15, 0.2) is 0 Å². The zero-order valence-corrected chi connectivity index (χ0v) is 11.1. The lowest BCUT2D eigenvalue weighted by molar-refractivity contribution is -0.144. The highest BCUT2D eigenvalue weighted by Crippen LogP contribution is 2.30. The third-order valence-corrected chi connectivity index (χ3v) is 3.78. The molecule has 0 radical (unpaired) electrons. The van der Waals surface area contributed by atoms with Crippen molar-refractivity contribution in [3.05, 3.63) is 10.6 Å². The van der Waals surface area contributed by atoms with Crippen LogP contribution < -0.4 is 5.32 Å². The van der Waals surface area contributed by atoms with Crippen LogP contribution >= 0.6 is 11.3 Å². The number of hydrogen-bond acceptors (Lipinski definition) is 5. The Balaban J connectivity index is 1.78. The Bertz CT molecular complexity index is 435. The Labute approximate surface area is 110 Å². The van der Waals surface area contributed by atoms with Gasteiger partial charge >= 0.3 is 5.97 Å². The van der Waals surface area contributed by atoms with Gasteiger partial charge < -0.3 is 10.1 Å². The fraction of sp³-hybridized carbons (Fsp3) is 0.583. The highest BCUT2D eigenvalue weighted by atomic mass is 32.1. The maximum atomic E-state index is 11.6. The lowest BCUT2D eigenvalue weighted by Gasteiger charge is -2.02. The number of amides is 1. The van der Waals surface area contributed by atoms with E-state index in [2.05, 4.69) is 10.3 Å². The normalized spacial score (nSPS) is 13.2. The molecule has 2 rings (SSSR count). The van der Waals surface area contributed by atoms with E-state index in [0.717, 1.165) is 25.0 Å². The number of anilines is 1. The zero-order valence-electron chi connectivity index (χ0n) is 10.3. The van der Waals surface area contributed by atoms with E-state index in [1.54, 1.807) is 6.92 Å². The smallest absolute Gasteiger partial charge is 0.306 e. The molecule has 0 unspecified atom stereocenters. The predicted molar refractivity (Wildman–Crippen MR) is 68.6 cm³/mol. The van der Waals surface area contributed by atoms with Gasteiger partial charge in [0.1, 0.15) is 0 Å². The lowest BCUT2D eigenvalue weighted by atomic mass is 10.3. The van der Waals surface area contributed by atoms with E-state index in [-0.39, 0.29) is 24.7 Å². The fourth-order valence-corrected chi connectivity index (χ4v) is 2.94. The number of fused-ring (bicyclic) bond motifs is 1. The monoisotopic (exact) mass is 268 g/mol. The van der Waals surface area contributed by atoms with Gasteiger partial charge in [0.15, 0.2) is 5.13 Å². The SMILES string of the molecule is CCOC(=O)CCC(=O)Nc1nc2c(s1)CCC2. The number of hydrogen-bond donors (Lipinski definition) is 1. The van der Waals surface area contributed by atoms with E-state index in [1.165, 1.54) is 16.2 Å². The van der Waals surface area contributed by atoms with Gasteiger partial charge in [-0.2, -0.15) is 0 Å². The molecule has 0 aliphatic heterocycles. The van der Waals surface area contributed by atoms with E-state index in [1.807, 2.05) is 0 Å². The second kappa shape index (κ2) is 5.95. The van der Waals surface area contributed by atoms with E-state index in [0.29, 0.717) is 11.7 Å². The summed E-state index contributed by atoms with van der Waals surface area (Å²) in [5.41, 5.74) is 1.11. The molecule has 0 aromatic carbocycles. The average Bonchev–Trinajstić information content (AvgIpc) is 2.87. The number of nitrogens with zero attached hydrogens (tertiary/aromatic N) is 1. The van der Waals surface area contributed by atoms with Crippen molar-refractivity contribution in [1.29, 1.82) is 0 Å². The molecule has 98 valence electrons. The van der Waals surface area contributed by atoms with Crippen molar-refractivity contribution in [1.82, 2.24) is 4.98 Å². The van der Waals surface area contributed by atoms with Crippen LogP contribution in [-0.2, 0) is 27.2 Å². The van der Waals surface area contributed by atoms with E-state index >= 15 is 0 Å². The minimum atomic E-state index is -0.339. The summed E-state index contributed by atoms with van der Waals surface area (Å²) in [6, 6.07) is 0. The van der Waals surface area contributed by atoms with Gasteiger partial charge in [0, 0.05) is 11.3 Å². The Kier molecular flexibility index (Phi) is 4.30. The number of esters is 1. The molecule has 5 nitrogen and oxygen atoms in total. The van der Waals surface area contributed by atoms with Gasteiger partial charge in [-0.25, -0.2) is 4.98 Å². The topological polar surface area (TPSA) is 68.3 Å². The number of carbonyl (C=O) groups excluding carboxylic acids is 2. The molecule has 0 saturated carbocycles. The average molecular weight is 268 g/mol. The summed E-state index contributed by atoms with van der Waals surface area (Å²) in [6.07, 6.45) is 3.48. The Morgan fingerprint density at radius 3 is 2.94 bits per heavy atom. The fourth-order valence-electron chi connectivity index (χ4n) is 1.87. The summed E-state index contributed by atoms with van der Waals surface area (Å²) in [5.74, 6) is -0.523. The van der Waals surface area contributed by atoms with Gasteiger partial charge in [0.2, 0.25) is 5.91 Å². The predicted octanol–water partition coefficient (Wildman–Crippen LogP) is 1.91. The standard InChI is InChI=1S/C12H16N2O3S/c1-2-17-11(16)7-6-10(15)14-12-13-8-4-3-5-9(8)18-12/h2-7H2,1H3,(H,13,14,15). The first kappa shape index (κ1) is 13.0. The second-order valence-electron chi connectivity index (χ2n) is 4.10. The van der Waals surface area contributed by atoms with Crippen molar-refractivity contribution >= 4 is 28.3 Å². The Morgan fingerprint density at radius 2 is 2.22 bits per heavy atom. The molecular weight excluding hydrogens is 252 g/mol. The van der Waals surface area contributed by atoms with Crippen molar-refractivity contribution in [3.8, 4) is 0 Å². The molecule has 0 atom stereocenters. The van der Waals surface area contributed by atoms with Gasteiger partial charge in [-0.05, 0) is 26.2 Å². The minimum Gasteiger partial charge on any atom is -0.466 e. The van der Waals surface area contributed by atoms with Crippen LogP contribution in [0.2, 0.25) is 0 Å². The lowest BCUT2D eigenvalue weighted by Crippen LogP contribution is -2.14. The number of rotatable bonds is 5. The maximum Gasteiger partial charge on any atom is 0.306 e. The van der Waals surface area contributed by atoms with Crippen LogP contribution in [-0.4, -0.2) is 23.5 Å². The quantitative estimate of drug-likeness (QED) is 0.828. The molecule has 0 spiro atoms.